The first-order chi connectivity index (χ1) is 13.2. The summed E-state index contributed by atoms with van der Waals surface area (Å²) in [6, 6.07) is -0.962. The van der Waals surface area contributed by atoms with Gasteiger partial charge in [-0.25, -0.2) is 4.79 Å². The SMILES string of the molecule is CC(=O)NC(C(O)O)C1C(CC[O][AlH2])C1OCC1=C(O)C(O)C=C(C(=O)O)O1. The maximum absolute atomic E-state index is 11.4. The van der Waals surface area contributed by atoms with Crippen LogP contribution in [-0.2, 0) is 22.9 Å². The van der Waals surface area contributed by atoms with Crippen LogP contribution in [0.2, 0.25) is 0 Å². The molecule has 1 fully saturated rings. The lowest BCUT2D eigenvalue weighted by Crippen LogP contribution is -2.45. The van der Waals surface area contributed by atoms with Crippen molar-refractivity contribution in [3.63, 3.8) is 0 Å². The fourth-order valence-corrected chi connectivity index (χ4v) is 3.52. The number of hydrogen-bond acceptors (Lipinski definition) is 9. The number of carbonyl (C=O) groups excluding carboxylic acids is 1. The molecule has 0 bridgehead atoms. The lowest BCUT2D eigenvalue weighted by atomic mass is 10.1. The third-order valence-corrected chi connectivity index (χ3v) is 5.05. The van der Waals surface area contributed by atoms with Crippen LogP contribution in [0, 0.1) is 11.8 Å². The number of carboxylic acids is 1. The van der Waals surface area contributed by atoms with Crippen molar-refractivity contribution in [2.75, 3.05) is 13.2 Å². The molecule has 5 unspecified atom stereocenters. The Bertz CT molecular complexity index is 664. The van der Waals surface area contributed by atoms with Crippen LogP contribution < -0.4 is 5.32 Å². The number of rotatable bonds is 10. The summed E-state index contributed by atoms with van der Waals surface area (Å²) in [6.45, 7) is 1.35. The second-order valence-corrected chi connectivity index (χ2v) is 7.21. The van der Waals surface area contributed by atoms with Gasteiger partial charge in [0.25, 0.3) is 0 Å². The van der Waals surface area contributed by atoms with Crippen molar-refractivity contribution in [2.45, 2.75) is 37.9 Å². The zero-order valence-corrected chi connectivity index (χ0v) is 17.4. The van der Waals surface area contributed by atoms with Crippen molar-refractivity contribution in [3.8, 4) is 0 Å². The van der Waals surface area contributed by atoms with Gasteiger partial charge in [-0.2, -0.15) is 0 Å². The number of carbonyl (C=O) groups is 2. The fourth-order valence-electron chi connectivity index (χ4n) is 3.28. The van der Waals surface area contributed by atoms with Crippen LogP contribution in [0.15, 0.2) is 23.4 Å². The van der Waals surface area contributed by atoms with Crippen LogP contribution in [0.25, 0.3) is 0 Å². The van der Waals surface area contributed by atoms with Crippen LogP contribution in [0.1, 0.15) is 13.3 Å². The van der Waals surface area contributed by atoms with Crippen molar-refractivity contribution >= 4 is 28.5 Å². The minimum atomic E-state index is -1.80. The molecule has 1 saturated carbocycles. The fraction of sp³-hybridized carbons (Fsp3) is 0.625. The van der Waals surface area contributed by atoms with E-state index < -0.39 is 53.9 Å². The van der Waals surface area contributed by atoms with Gasteiger partial charge in [0.05, 0.1) is 12.1 Å². The Morgan fingerprint density at radius 3 is 2.61 bits per heavy atom. The number of aliphatic carboxylic acids is 1. The molecule has 12 heteroatoms. The molecule has 1 amide bonds. The van der Waals surface area contributed by atoms with Crippen molar-refractivity contribution in [3.05, 3.63) is 23.4 Å². The maximum atomic E-state index is 11.4. The number of carboxylic acid groups (broad SMARTS) is 1. The van der Waals surface area contributed by atoms with E-state index in [-0.39, 0.29) is 18.3 Å². The average Bonchev–Trinajstić information content (AvgIpc) is 3.30. The summed E-state index contributed by atoms with van der Waals surface area (Å²) in [7, 11) is 0. The van der Waals surface area contributed by atoms with Gasteiger partial charge in [-0.15, -0.1) is 0 Å². The molecule has 1 aliphatic heterocycles. The Morgan fingerprint density at radius 2 is 2.07 bits per heavy atom. The molecule has 0 radical (unpaired) electrons. The molecular formula is C16H24AlNO10. The standard InChI is InChI=1S/C16H22NO10.Al.2H/c1-6(19)17-12(16(24)25)11-7(2-3-18)14(11)26-5-10-13(21)8(20)4-9(27-10)15(22)23;;;/h4,7-8,11-12,14,16,20-21,24-25H,2-3,5H2,1H3,(H,17,19)(H,22,23);;;/q-1;+1;;. The van der Waals surface area contributed by atoms with E-state index in [9.17, 15) is 30.0 Å². The third-order valence-electron chi connectivity index (χ3n) is 4.64. The molecule has 11 nitrogen and oxygen atoms in total. The van der Waals surface area contributed by atoms with Gasteiger partial charge < -0.3 is 44.1 Å². The minimum Gasteiger partial charge on any atom is -0.506 e. The molecule has 0 aromatic heterocycles. The van der Waals surface area contributed by atoms with Gasteiger partial charge >= 0.3 is 22.6 Å². The number of aliphatic hydroxyl groups is 4. The normalized spacial score (nSPS) is 27.8. The van der Waals surface area contributed by atoms with E-state index in [0.29, 0.717) is 29.7 Å². The summed E-state index contributed by atoms with van der Waals surface area (Å²) in [4.78, 5) is 22.4. The predicted octanol–water partition coefficient (Wildman–Crippen LogP) is -2.48. The molecule has 0 saturated heterocycles. The van der Waals surface area contributed by atoms with E-state index >= 15 is 0 Å². The number of hydrogen-bond donors (Lipinski definition) is 6. The topological polar surface area (TPSA) is 175 Å². The van der Waals surface area contributed by atoms with Crippen molar-refractivity contribution < 1.29 is 48.4 Å². The average molecular weight is 417 g/mol. The first-order valence-electron chi connectivity index (χ1n) is 8.64. The molecule has 1 heterocycles. The van der Waals surface area contributed by atoms with Crippen molar-refractivity contribution in [1.82, 2.24) is 5.32 Å². The van der Waals surface area contributed by atoms with Gasteiger partial charge in [-0.3, -0.25) is 4.79 Å². The maximum Gasteiger partial charge on any atom is 0.410 e. The monoisotopic (exact) mass is 417 g/mol. The van der Waals surface area contributed by atoms with E-state index in [2.05, 4.69) is 5.32 Å². The number of nitrogens with one attached hydrogen (secondary N) is 1. The molecule has 2 rings (SSSR count). The number of amides is 1. The number of aliphatic hydroxyl groups excluding tert-OH is 3. The Kier molecular flexibility index (Phi) is 7.85. The van der Waals surface area contributed by atoms with Gasteiger partial charge in [0.15, 0.2) is 17.8 Å². The summed E-state index contributed by atoms with van der Waals surface area (Å²) in [5.41, 5.74) is 0. The Labute approximate surface area is 169 Å². The highest BCUT2D eigenvalue weighted by Crippen LogP contribution is 2.47. The Balaban J connectivity index is 2.07. The summed E-state index contributed by atoms with van der Waals surface area (Å²) in [6.07, 6.45) is -2.45. The van der Waals surface area contributed by atoms with Crippen LogP contribution in [0.5, 0.6) is 0 Å². The predicted molar refractivity (Wildman–Crippen MR) is 94.1 cm³/mol. The highest BCUT2D eigenvalue weighted by atomic mass is 27.1. The van der Waals surface area contributed by atoms with Crippen LogP contribution >= 0.6 is 0 Å². The smallest absolute Gasteiger partial charge is 0.410 e. The molecule has 2 aliphatic rings. The Hall–Kier alpha value is -1.65. The highest BCUT2D eigenvalue weighted by Gasteiger charge is 2.56. The molecule has 0 aromatic carbocycles. The van der Waals surface area contributed by atoms with Gasteiger partial charge in [-0.05, 0) is 12.3 Å². The van der Waals surface area contributed by atoms with Gasteiger partial charge in [-0.1, -0.05) is 0 Å². The summed E-state index contributed by atoms with van der Waals surface area (Å²) in [5, 5.41) is 50.3. The van der Waals surface area contributed by atoms with Crippen LogP contribution in [0.3, 0.4) is 0 Å². The van der Waals surface area contributed by atoms with E-state index in [1.165, 1.54) is 6.92 Å². The minimum absolute atomic E-state index is 0.154. The van der Waals surface area contributed by atoms with E-state index in [0.717, 1.165) is 6.08 Å². The Morgan fingerprint density at radius 1 is 1.39 bits per heavy atom. The van der Waals surface area contributed by atoms with Crippen LogP contribution in [-0.4, -0.2) is 91.8 Å². The molecule has 156 valence electrons. The number of ether oxygens (including phenoxy) is 2. The van der Waals surface area contributed by atoms with Gasteiger partial charge in [0, 0.05) is 25.5 Å². The molecule has 0 aromatic rings. The molecule has 5 atom stereocenters. The lowest BCUT2D eigenvalue weighted by molar-refractivity contribution is -0.136. The zero-order chi connectivity index (χ0) is 21.0. The van der Waals surface area contributed by atoms with E-state index in [1.807, 2.05) is 0 Å². The second kappa shape index (κ2) is 9.71. The van der Waals surface area contributed by atoms with Crippen molar-refractivity contribution in [2.24, 2.45) is 11.8 Å². The second-order valence-electron chi connectivity index (χ2n) is 6.63. The highest BCUT2D eigenvalue weighted by molar-refractivity contribution is 5.97. The molecule has 6 N–H and O–H groups in total. The van der Waals surface area contributed by atoms with Gasteiger partial charge in [0.2, 0.25) is 11.7 Å². The summed E-state index contributed by atoms with van der Waals surface area (Å²) in [5.74, 6) is -3.79. The molecule has 0 spiro atoms. The van der Waals surface area contributed by atoms with E-state index in [4.69, 9.17) is 18.4 Å². The first kappa shape index (κ1) is 22.6. The van der Waals surface area contributed by atoms with Gasteiger partial charge in [0.1, 0.15) is 12.7 Å². The zero-order valence-electron chi connectivity index (χ0n) is 15.4. The van der Waals surface area contributed by atoms with Crippen LogP contribution in [0.4, 0.5) is 0 Å². The van der Waals surface area contributed by atoms with E-state index in [1.54, 1.807) is 0 Å². The first-order valence-corrected chi connectivity index (χ1v) is 9.45. The lowest BCUT2D eigenvalue weighted by Gasteiger charge is -2.21. The summed E-state index contributed by atoms with van der Waals surface area (Å²) < 4.78 is 15.9. The summed E-state index contributed by atoms with van der Waals surface area (Å²) >= 11 is 0.539. The molecule has 28 heavy (non-hydrogen) atoms. The largest absolute Gasteiger partial charge is 0.506 e. The molecular weight excluding hydrogens is 393 g/mol. The third kappa shape index (κ3) is 5.45. The molecule has 1 aliphatic carbocycles. The van der Waals surface area contributed by atoms with Crippen molar-refractivity contribution in [1.29, 1.82) is 0 Å². The quantitative estimate of drug-likeness (QED) is 0.165.